The second-order valence-corrected chi connectivity index (χ2v) is 2.29. The van der Waals surface area contributed by atoms with Crippen molar-refractivity contribution in [3.8, 4) is 12.1 Å². The Kier molecular flexibility index (Phi) is 1.94. The number of rotatable bonds is 0. The minimum Gasteiger partial charge on any atom is -0.320 e. The van der Waals surface area contributed by atoms with E-state index in [4.69, 9.17) is 10.5 Å². The number of nitrogens with one attached hydrogen (secondary N) is 1. The van der Waals surface area contributed by atoms with Crippen molar-refractivity contribution in [1.29, 1.82) is 10.5 Å². The molecule has 4 nitrogen and oxygen atoms in total. The predicted octanol–water partition coefficient (Wildman–Crippen LogP) is 0.364. The first kappa shape index (κ1) is 8.03. The van der Waals surface area contributed by atoms with Gasteiger partial charge >= 0.3 is 0 Å². The third-order valence-electron chi connectivity index (χ3n) is 1.46. The summed E-state index contributed by atoms with van der Waals surface area (Å²) >= 11 is 0. The fourth-order valence-electron chi connectivity index (χ4n) is 0.819. The SMILES string of the molecule is CC1=CC(=C(C#N)C#N)NC1=O. The fourth-order valence-corrected chi connectivity index (χ4v) is 0.819. The van der Waals surface area contributed by atoms with Gasteiger partial charge in [0.15, 0.2) is 5.57 Å². The van der Waals surface area contributed by atoms with Crippen LogP contribution in [0.15, 0.2) is 22.9 Å². The lowest BCUT2D eigenvalue weighted by molar-refractivity contribution is -0.116. The van der Waals surface area contributed by atoms with Gasteiger partial charge < -0.3 is 5.32 Å². The largest absolute Gasteiger partial charge is 0.320 e. The molecule has 0 bridgehead atoms. The molecule has 0 saturated carbocycles. The Balaban J connectivity index is 3.13. The molecule has 0 aromatic carbocycles. The highest BCUT2D eigenvalue weighted by Crippen LogP contribution is 2.12. The zero-order valence-electron chi connectivity index (χ0n) is 6.38. The van der Waals surface area contributed by atoms with Gasteiger partial charge in [-0.05, 0) is 13.0 Å². The van der Waals surface area contributed by atoms with Gasteiger partial charge in [-0.1, -0.05) is 0 Å². The Labute approximate surface area is 69.4 Å². The molecule has 0 aromatic rings. The molecule has 1 N–H and O–H groups in total. The van der Waals surface area contributed by atoms with Gasteiger partial charge in [-0.15, -0.1) is 0 Å². The number of amides is 1. The summed E-state index contributed by atoms with van der Waals surface area (Å²) in [5.74, 6) is -0.256. The van der Waals surface area contributed by atoms with Crippen LogP contribution in [0.2, 0.25) is 0 Å². The lowest BCUT2D eigenvalue weighted by Gasteiger charge is -1.93. The van der Waals surface area contributed by atoms with Crippen LogP contribution >= 0.6 is 0 Å². The van der Waals surface area contributed by atoms with Crippen LogP contribution in [0.4, 0.5) is 0 Å². The number of hydrogen-bond donors (Lipinski definition) is 1. The highest BCUT2D eigenvalue weighted by molar-refractivity contribution is 5.98. The molecule has 0 aliphatic carbocycles. The van der Waals surface area contributed by atoms with Crippen LogP contribution in [0.5, 0.6) is 0 Å². The van der Waals surface area contributed by atoms with E-state index < -0.39 is 0 Å². The van der Waals surface area contributed by atoms with Crippen molar-refractivity contribution < 1.29 is 4.79 Å². The van der Waals surface area contributed by atoms with Gasteiger partial charge in [0.25, 0.3) is 5.91 Å². The van der Waals surface area contributed by atoms with E-state index in [2.05, 4.69) is 5.32 Å². The van der Waals surface area contributed by atoms with Crippen molar-refractivity contribution in [2.45, 2.75) is 6.92 Å². The molecule has 0 spiro atoms. The van der Waals surface area contributed by atoms with E-state index in [0.29, 0.717) is 11.3 Å². The van der Waals surface area contributed by atoms with Crippen LogP contribution in [0.1, 0.15) is 6.92 Å². The summed E-state index contributed by atoms with van der Waals surface area (Å²) in [6.07, 6.45) is 1.49. The molecule has 12 heavy (non-hydrogen) atoms. The highest BCUT2D eigenvalue weighted by Gasteiger charge is 2.17. The van der Waals surface area contributed by atoms with Gasteiger partial charge in [-0.25, -0.2) is 0 Å². The van der Waals surface area contributed by atoms with Gasteiger partial charge in [0.05, 0.1) is 5.70 Å². The first-order valence-corrected chi connectivity index (χ1v) is 3.23. The van der Waals surface area contributed by atoms with E-state index in [1.807, 2.05) is 0 Å². The number of carbonyl (C=O) groups excluding carboxylic acids is 1. The average Bonchev–Trinajstić information content (AvgIpc) is 2.35. The molecule has 0 saturated heterocycles. The number of allylic oxidation sites excluding steroid dienone is 2. The third kappa shape index (κ3) is 1.18. The molecule has 58 valence electrons. The second-order valence-electron chi connectivity index (χ2n) is 2.29. The van der Waals surface area contributed by atoms with Crippen LogP contribution in [0.3, 0.4) is 0 Å². The summed E-state index contributed by atoms with van der Waals surface area (Å²) in [7, 11) is 0. The summed E-state index contributed by atoms with van der Waals surface area (Å²) in [6.45, 7) is 1.62. The number of nitrogens with zero attached hydrogens (tertiary/aromatic N) is 2. The second kappa shape index (κ2) is 2.89. The van der Waals surface area contributed by atoms with Crippen molar-refractivity contribution >= 4 is 5.91 Å². The number of hydrogen-bond acceptors (Lipinski definition) is 3. The van der Waals surface area contributed by atoms with Crippen LogP contribution in [0, 0.1) is 22.7 Å². The molecule has 1 aliphatic rings. The van der Waals surface area contributed by atoms with Crippen molar-refractivity contribution in [3.05, 3.63) is 22.9 Å². The Morgan fingerprint density at radius 1 is 1.50 bits per heavy atom. The van der Waals surface area contributed by atoms with Crippen molar-refractivity contribution in [3.63, 3.8) is 0 Å². The third-order valence-corrected chi connectivity index (χ3v) is 1.46. The van der Waals surface area contributed by atoms with E-state index in [0.717, 1.165) is 0 Å². The van der Waals surface area contributed by atoms with Gasteiger partial charge in [-0.2, -0.15) is 10.5 Å². The molecular weight excluding hydrogens is 154 g/mol. The number of carbonyl (C=O) groups is 1. The molecule has 0 unspecified atom stereocenters. The van der Waals surface area contributed by atoms with Crippen molar-refractivity contribution in [2.75, 3.05) is 0 Å². The highest BCUT2D eigenvalue weighted by atomic mass is 16.1. The standard InChI is InChI=1S/C8H5N3O/c1-5-2-7(11-8(5)12)6(3-9)4-10/h2H,1H3,(H,11,12). The molecular formula is C8H5N3O. The lowest BCUT2D eigenvalue weighted by atomic mass is 10.2. The maximum atomic E-state index is 10.9. The molecule has 1 amide bonds. The first-order valence-electron chi connectivity index (χ1n) is 3.23. The molecule has 4 heteroatoms. The summed E-state index contributed by atoms with van der Waals surface area (Å²) in [5, 5.41) is 19.3. The monoisotopic (exact) mass is 159 g/mol. The smallest absolute Gasteiger partial charge is 0.251 e. The van der Waals surface area contributed by atoms with Crippen molar-refractivity contribution in [2.24, 2.45) is 0 Å². The van der Waals surface area contributed by atoms with E-state index in [-0.39, 0.29) is 11.5 Å². The molecule has 1 rings (SSSR count). The molecule has 0 radical (unpaired) electrons. The fraction of sp³-hybridized carbons (Fsp3) is 0.125. The quantitative estimate of drug-likeness (QED) is 0.518. The van der Waals surface area contributed by atoms with Crippen LogP contribution in [-0.2, 0) is 4.79 Å². The zero-order chi connectivity index (χ0) is 9.14. The van der Waals surface area contributed by atoms with Crippen LogP contribution in [0.25, 0.3) is 0 Å². The Bertz CT molecular complexity index is 360. The molecule has 1 aliphatic heterocycles. The van der Waals surface area contributed by atoms with Crippen LogP contribution in [-0.4, -0.2) is 5.91 Å². The average molecular weight is 159 g/mol. The minimum absolute atomic E-state index is 0.0693. The van der Waals surface area contributed by atoms with Gasteiger partial charge in [0, 0.05) is 5.57 Å². The maximum absolute atomic E-state index is 10.9. The molecule has 0 aromatic heterocycles. The lowest BCUT2D eigenvalue weighted by Crippen LogP contribution is -2.16. The number of nitriles is 2. The van der Waals surface area contributed by atoms with E-state index in [1.54, 1.807) is 19.1 Å². The normalized spacial score (nSPS) is 14.4. The van der Waals surface area contributed by atoms with Crippen LogP contribution < -0.4 is 5.32 Å². The zero-order valence-corrected chi connectivity index (χ0v) is 6.38. The first-order chi connectivity index (χ1) is 5.69. The summed E-state index contributed by atoms with van der Waals surface area (Å²) in [5.41, 5.74) is 0.732. The Hall–Kier alpha value is -2.07. The minimum atomic E-state index is -0.256. The van der Waals surface area contributed by atoms with Gasteiger partial charge in [0.2, 0.25) is 0 Å². The van der Waals surface area contributed by atoms with Gasteiger partial charge in [-0.3, -0.25) is 4.79 Å². The predicted molar refractivity (Wildman–Crippen MR) is 40.2 cm³/mol. The Morgan fingerprint density at radius 3 is 2.42 bits per heavy atom. The molecule has 0 fully saturated rings. The topological polar surface area (TPSA) is 76.7 Å². The Morgan fingerprint density at radius 2 is 2.08 bits per heavy atom. The summed E-state index contributed by atoms with van der Waals surface area (Å²) in [4.78, 5) is 10.9. The van der Waals surface area contributed by atoms with E-state index in [9.17, 15) is 4.79 Å². The molecule has 1 heterocycles. The maximum Gasteiger partial charge on any atom is 0.251 e. The van der Waals surface area contributed by atoms with E-state index in [1.165, 1.54) is 6.08 Å². The van der Waals surface area contributed by atoms with Gasteiger partial charge in [0.1, 0.15) is 12.1 Å². The van der Waals surface area contributed by atoms with Crippen molar-refractivity contribution in [1.82, 2.24) is 5.32 Å². The summed E-state index contributed by atoms with van der Waals surface area (Å²) in [6, 6.07) is 3.39. The van der Waals surface area contributed by atoms with E-state index >= 15 is 0 Å². The molecule has 0 atom stereocenters. The summed E-state index contributed by atoms with van der Waals surface area (Å²) < 4.78 is 0.